The van der Waals surface area contributed by atoms with E-state index in [2.05, 4.69) is 4.72 Å². The van der Waals surface area contributed by atoms with Gasteiger partial charge in [-0.2, -0.15) is 0 Å². The summed E-state index contributed by atoms with van der Waals surface area (Å²) >= 11 is 0. The van der Waals surface area contributed by atoms with Gasteiger partial charge in [0.1, 0.15) is 0 Å². The summed E-state index contributed by atoms with van der Waals surface area (Å²) in [5.41, 5.74) is 0.424. The topological polar surface area (TPSA) is 86.7 Å². The van der Waals surface area contributed by atoms with Crippen molar-refractivity contribution in [2.24, 2.45) is 0 Å². The first-order valence-electron chi connectivity index (χ1n) is 6.89. The van der Waals surface area contributed by atoms with Crippen molar-refractivity contribution < 1.29 is 18.3 Å². The van der Waals surface area contributed by atoms with Gasteiger partial charge in [-0.3, -0.25) is 4.79 Å². The summed E-state index contributed by atoms with van der Waals surface area (Å²) in [7, 11) is -3.54. The molecule has 0 bridgehead atoms. The lowest BCUT2D eigenvalue weighted by Crippen LogP contribution is -2.31. The number of sulfonamides is 1. The van der Waals surface area contributed by atoms with Gasteiger partial charge < -0.3 is 10.0 Å². The minimum Gasteiger partial charge on any atom is -0.391 e. The third kappa shape index (κ3) is 3.81. The molecule has 1 amide bonds. The Balaban J connectivity index is 2.14. The second-order valence-corrected chi connectivity index (χ2v) is 7.21. The van der Waals surface area contributed by atoms with Crippen LogP contribution in [0.2, 0.25) is 0 Å². The molecule has 0 aliphatic carbocycles. The maximum Gasteiger partial charge on any atom is 0.253 e. The van der Waals surface area contributed by atoms with Crippen LogP contribution >= 0.6 is 0 Å². The number of carbonyl (C=O) groups is 1. The van der Waals surface area contributed by atoms with E-state index < -0.39 is 16.1 Å². The van der Waals surface area contributed by atoms with Crippen molar-refractivity contribution in [2.45, 2.75) is 37.3 Å². The Bertz CT molecular complexity index is 610. The van der Waals surface area contributed by atoms with Gasteiger partial charge in [-0.15, -0.1) is 0 Å². The van der Waals surface area contributed by atoms with Crippen LogP contribution in [0.25, 0.3) is 0 Å². The SMILES string of the molecule is CC(C)NS(=O)(=O)c1ccc(C(=O)N2CC[C@@H](O)C2)cc1. The molecule has 6 nitrogen and oxygen atoms in total. The number of amides is 1. The molecule has 2 N–H and O–H groups in total. The Kier molecular flexibility index (Phi) is 4.65. The fourth-order valence-corrected chi connectivity index (χ4v) is 3.51. The van der Waals surface area contributed by atoms with Crippen molar-refractivity contribution in [1.82, 2.24) is 9.62 Å². The smallest absolute Gasteiger partial charge is 0.253 e. The lowest BCUT2D eigenvalue weighted by molar-refractivity contribution is 0.0765. The van der Waals surface area contributed by atoms with E-state index in [1.165, 1.54) is 24.3 Å². The maximum absolute atomic E-state index is 12.2. The van der Waals surface area contributed by atoms with Crippen molar-refractivity contribution in [2.75, 3.05) is 13.1 Å². The second kappa shape index (κ2) is 6.13. The van der Waals surface area contributed by atoms with Crippen LogP contribution in [0, 0.1) is 0 Å². The summed E-state index contributed by atoms with van der Waals surface area (Å²) in [5.74, 6) is -0.188. The molecule has 0 aromatic heterocycles. The van der Waals surface area contributed by atoms with E-state index in [0.717, 1.165) is 0 Å². The number of β-amino-alcohol motifs (C(OH)–C–C–N with tert-alkyl or cyclic N) is 1. The van der Waals surface area contributed by atoms with Gasteiger partial charge in [0.25, 0.3) is 5.91 Å². The fourth-order valence-electron chi connectivity index (χ4n) is 2.26. The van der Waals surface area contributed by atoms with E-state index in [0.29, 0.717) is 25.1 Å². The average molecular weight is 312 g/mol. The molecule has 1 aliphatic rings. The average Bonchev–Trinajstić information content (AvgIpc) is 2.83. The zero-order valence-corrected chi connectivity index (χ0v) is 12.9. The molecule has 2 rings (SSSR count). The van der Waals surface area contributed by atoms with E-state index in [9.17, 15) is 18.3 Å². The van der Waals surface area contributed by atoms with Crippen LogP contribution in [0.1, 0.15) is 30.6 Å². The van der Waals surface area contributed by atoms with Crippen LogP contribution in [-0.2, 0) is 10.0 Å². The van der Waals surface area contributed by atoms with Crippen LogP contribution in [0.15, 0.2) is 29.2 Å². The maximum atomic E-state index is 12.2. The first kappa shape index (κ1) is 15.9. The molecule has 21 heavy (non-hydrogen) atoms. The van der Waals surface area contributed by atoms with Gasteiger partial charge in [-0.25, -0.2) is 13.1 Å². The summed E-state index contributed by atoms with van der Waals surface area (Å²) < 4.78 is 26.5. The predicted octanol–water partition coefficient (Wildman–Crippen LogP) is 0.580. The predicted molar refractivity (Wildman–Crippen MR) is 78.4 cm³/mol. The molecule has 0 spiro atoms. The van der Waals surface area contributed by atoms with Gasteiger partial charge in [0.15, 0.2) is 0 Å². The molecule has 1 saturated heterocycles. The fraction of sp³-hybridized carbons (Fsp3) is 0.500. The summed E-state index contributed by atoms with van der Waals surface area (Å²) in [6, 6.07) is 5.65. The Morgan fingerprint density at radius 3 is 2.43 bits per heavy atom. The van der Waals surface area contributed by atoms with Gasteiger partial charge in [-0.1, -0.05) is 0 Å². The molecule has 0 unspecified atom stereocenters. The van der Waals surface area contributed by atoms with Gasteiger partial charge >= 0.3 is 0 Å². The summed E-state index contributed by atoms with van der Waals surface area (Å²) in [5, 5.41) is 9.45. The standard InChI is InChI=1S/C14H20N2O4S/c1-10(2)15-21(19,20)13-5-3-11(4-6-13)14(18)16-8-7-12(17)9-16/h3-6,10,12,15,17H,7-9H2,1-2H3/t12-/m1/s1. The van der Waals surface area contributed by atoms with E-state index in [-0.39, 0.29) is 16.8 Å². The first-order valence-corrected chi connectivity index (χ1v) is 8.37. The van der Waals surface area contributed by atoms with E-state index in [1.807, 2.05) is 0 Å². The molecular formula is C14H20N2O4S. The highest BCUT2D eigenvalue weighted by molar-refractivity contribution is 7.89. The van der Waals surface area contributed by atoms with Gasteiger partial charge in [0.2, 0.25) is 10.0 Å². The van der Waals surface area contributed by atoms with E-state index in [4.69, 9.17) is 0 Å². The minimum absolute atomic E-state index is 0.134. The molecule has 1 fully saturated rings. The zero-order valence-electron chi connectivity index (χ0n) is 12.1. The second-order valence-electron chi connectivity index (χ2n) is 5.49. The van der Waals surface area contributed by atoms with Crippen LogP contribution in [0.5, 0.6) is 0 Å². The highest BCUT2D eigenvalue weighted by Crippen LogP contribution is 2.16. The molecule has 7 heteroatoms. The van der Waals surface area contributed by atoms with Crippen molar-refractivity contribution in [1.29, 1.82) is 0 Å². The van der Waals surface area contributed by atoms with Gasteiger partial charge in [0.05, 0.1) is 11.0 Å². The number of likely N-dealkylation sites (tertiary alicyclic amines) is 1. The number of hydrogen-bond donors (Lipinski definition) is 2. The normalized spacial score (nSPS) is 19.2. The monoisotopic (exact) mass is 312 g/mol. The number of hydrogen-bond acceptors (Lipinski definition) is 4. The summed E-state index contributed by atoms with van der Waals surface area (Å²) in [4.78, 5) is 13.9. The lowest BCUT2D eigenvalue weighted by Gasteiger charge is -2.16. The van der Waals surface area contributed by atoms with E-state index in [1.54, 1.807) is 18.7 Å². The summed E-state index contributed by atoms with van der Waals surface area (Å²) in [6.07, 6.45) is 0.111. The van der Waals surface area contributed by atoms with Crippen molar-refractivity contribution in [3.05, 3.63) is 29.8 Å². The highest BCUT2D eigenvalue weighted by atomic mass is 32.2. The lowest BCUT2D eigenvalue weighted by atomic mass is 10.2. The third-order valence-electron chi connectivity index (χ3n) is 3.25. The summed E-state index contributed by atoms with van der Waals surface area (Å²) in [6.45, 7) is 4.34. The zero-order chi connectivity index (χ0) is 15.6. The minimum atomic E-state index is -3.54. The molecule has 0 radical (unpaired) electrons. The molecule has 116 valence electrons. The number of nitrogens with one attached hydrogen (secondary N) is 1. The quantitative estimate of drug-likeness (QED) is 0.851. The Hall–Kier alpha value is -1.44. The van der Waals surface area contributed by atoms with Crippen molar-refractivity contribution in [3.63, 3.8) is 0 Å². The molecule has 1 aromatic rings. The highest BCUT2D eigenvalue weighted by Gasteiger charge is 2.25. The van der Waals surface area contributed by atoms with Gasteiger partial charge in [0, 0.05) is 24.7 Å². The number of benzene rings is 1. The number of nitrogens with zero attached hydrogens (tertiary/aromatic N) is 1. The van der Waals surface area contributed by atoms with Crippen LogP contribution in [0.4, 0.5) is 0 Å². The van der Waals surface area contributed by atoms with Crippen LogP contribution < -0.4 is 4.72 Å². The number of aliphatic hydroxyl groups excluding tert-OH is 1. The number of rotatable bonds is 4. The Labute approximate surface area is 124 Å². The Morgan fingerprint density at radius 2 is 1.95 bits per heavy atom. The molecular weight excluding hydrogens is 292 g/mol. The van der Waals surface area contributed by atoms with Crippen LogP contribution in [0.3, 0.4) is 0 Å². The largest absolute Gasteiger partial charge is 0.391 e. The molecule has 1 aromatic carbocycles. The van der Waals surface area contributed by atoms with E-state index >= 15 is 0 Å². The van der Waals surface area contributed by atoms with Crippen LogP contribution in [-0.4, -0.2) is 49.6 Å². The molecule has 1 aliphatic heterocycles. The molecule has 0 saturated carbocycles. The van der Waals surface area contributed by atoms with Crippen molar-refractivity contribution in [3.8, 4) is 0 Å². The van der Waals surface area contributed by atoms with Gasteiger partial charge in [-0.05, 0) is 44.5 Å². The first-order chi connectivity index (χ1) is 9.79. The molecule has 1 atom stereocenters. The van der Waals surface area contributed by atoms with Crippen molar-refractivity contribution >= 4 is 15.9 Å². The molecule has 1 heterocycles. The number of aliphatic hydroxyl groups is 1. The third-order valence-corrected chi connectivity index (χ3v) is 4.93. The number of carbonyl (C=O) groups excluding carboxylic acids is 1. The Morgan fingerprint density at radius 1 is 1.33 bits per heavy atom.